The van der Waals surface area contributed by atoms with E-state index in [-0.39, 0.29) is 5.56 Å². The predicted molar refractivity (Wildman–Crippen MR) is 111 cm³/mol. The van der Waals surface area contributed by atoms with Crippen LogP contribution in [0.5, 0.6) is 34.5 Å². The molecule has 0 aromatic heterocycles. The molecule has 0 bridgehead atoms. The van der Waals surface area contributed by atoms with Crippen LogP contribution in [0.1, 0.15) is 15.9 Å². The second-order valence-corrected chi connectivity index (χ2v) is 7.39. The number of phenolic OH excluding ortho intramolecular Hbond substituents is 5. The van der Waals surface area contributed by atoms with Crippen molar-refractivity contribution in [3.8, 4) is 34.5 Å². The number of aliphatic hydroxyl groups is 5. The SMILES string of the molecule is O=C(C(O)=Cc1ccc(O)c(O)c1)c1c(O)cc(O)c(O)c1OC1OC(CO)C(O)C(O)C1O. The number of aliphatic hydroxyl groups excluding tert-OH is 5. The van der Waals surface area contributed by atoms with Crippen LogP contribution >= 0.6 is 0 Å². The van der Waals surface area contributed by atoms with E-state index in [4.69, 9.17) is 9.47 Å². The van der Waals surface area contributed by atoms with Crippen molar-refractivity contribution in [2.24, 2.45) is 0 Å². The van der Waals surface area contributed by atoms with Gasteiger partial charge in [-0.2, -0.15) is 0 Å². The van der Waals surface area contributed by atoms with Gasteiger partial charge in [0.15, 0.2) is 28.8 Å². The van der Waals surface area contributed by atoms with E-state index < -0.39 is 88.9 Å². The summed E-state index contributed by atoms with van der Waals surface area (Å²) in [6.07, 6.45) is -8.05. The molecule has 34 heavy (non-hydrogen) atoms. The summed E-state index contributed by atoms with van der Waals surface area (Å²) >= 11 is 0. The molecule has 1 saturated heterocycles. The van der Waals surface area contributed by atoms with Crippen molar-refractivity contribution in [1.82, 2.24) is 0 Å². The third-order valence-corrected chi connectivity index (χ3v) is 5.06. The van der Waals surface area contributed by atoms with Crippen LogP contribution in [0.2, 0.25) is 0 Å². The lowest BCUT2D eigenvalue weighted by Crippen LogP contribution is -2.60. The van der Waals surface area contributed by atoms with Gasteiger partial charge in [0, 0.05) is 6.07 Å². The number of carbonyl (C=O) groups excluding carboxylic acids is 1. The van der Waals surface area contributed by atoms with Crippen molar-refractivity contribution in [3.05, 3.63) is 41.2 Å². The minimum Gasteiger partial charge on any atom is -0.507 e. The first-order valence-corrected chi connectivity index (χ1v) is 9.68. The molecule has 0 amide bonds. The van der Waals surface area contributed by atoms with Gasteiger partial charge in [-0.25, -0.2) is 0 Å². The van der Waals surface area contributed by atoms with Crippen molar-refractivity contribution >= 4 is 11.9 Å². The van der Waals surface area contributed by atoms with Crippen molar-refractivity contribution in [2.75, 3.05) is 6.61 Å². The highest BCUT2D eigenvalue weighted by atomic mass is 16.7. The molecule has 3 rings (SSSR count). The first-order chi connectivity index (χ1) is 16.0. The largest absolute Gasteiger partial charge is 0.507 e. The van der Waals surface area contributed by atoms with Crippen LogP contribution in [0.15, 0.2) is 30.0 Å². The Morgan fingerprint density at radius 2 is 1.59 bits per heavy atom. The first-order valence-electron chi connectivity index (χ1n) is 9.68. The number of benzene rings is 2. The number of ketones is 1. The molecule has 0 aliphatic carbocycles. The predicted octanol–water partition coefficient (Wildman–Crippen LogP) is -0.825. The third-order valence-electron chi connectivity index (χ3n) is 5.06. The van der Waals surface area contributed by atoms with Crippen molar-refractivity contribution in [1.29, 1.82) is 0 Å². The van der Waals surface area contributed by atoms with E-state index in [2.05, 4.69) is 0 Å². The summed E-state index contributed by atoms with van der Waals surface area (Å²) in [4.78, 5) is 12.9. The number of phenols is 5. The Balaban J connectivity index is 2.02. The summed E-state index contributed by atoms with van der Waals surface area (Å²) in [5, 5.41) is 98.7. The van der Waals surface area contributed by atoms with Gasteiger partial charge in [0.1, 0.15) is 35.7 Å². The van der Waals surface area contributed by atoms with E-state index in [1.54, 1.807) is 0 Å². The fourth-order valence-electron chi connectivity index (χ4n) is 3.22. The summed E-state index contributed by atoms with van der Waals surface area (Å²) < 4.78 is 10.4. The lowest BCUT2D eigenvalue weighted by atomic mass is 9.99. The van der Waals surface area contributed by atoms with E-state index in [9.17, 15) is 55.9 Å². The summed E-state index contributed by atoms with van der Waals surface area (Å²) in [5.41, 5.74) is -0.830. The minimum atomic E-state index is -1.96. The molecule has 1 heterocycles. The number of hydrogen-bond acceptors (Lipinski definition) is 13. The molecule has 1 aliphatic rings. The quantitative estimate of drug-likeness (QED) is 0.0796. The number of carbonyl (C=O) groups is 1. The number of allylic oxidation sites excluding steroid dienone is 1. The Hall–Kier alpha value is -3.75. The maximum Gasteiger partial charge on any atom is 0.234 e. The molecule has 184 valence electrons. The molecule has 13 nitrogen and oxygen atoms in total. The van der Waals surface area contributed by atoms with Crippen LogP contribution in [0.3, 0.4) is 0 Å². The molecular weight excluding hydrogens is 460 g/mol. The Morgan fingerprint density at radius 1 is 0.912 bits per heavy atom. The lowest BCUT2D eigenvalue weighted by molar-refractivity contribution is -0.277. The lowest BCUT2D eigenvalue weighted by Gasteiger charge is -2.39. The molecule has 1 aliphatic heterocycles. The minimum absolute atomic E-state index is 0.0556. The summed E-state index contributed by atoms with van der Waals surface area (Å²) in [5.74, 6) is -7.38. The zero-order valence-corrected chi connectivity index (χ0v) is 17.2. The van der Waals surface area contributed by atoms with Crippen molar-refractivity contribution in [3.63, 3.8) is 0 Å². The highest BCUT2D eigenvalue weighted by Crippen LogP contribution is 2.45. The Morgan fingerprint density at radius 3 is 2.21 bits per heavy atom. The summed E-state index contributed by atoms with van der Waals surface area (Å²) in [6.45, 7) is -0.809. The molecule has 2 aromatic carbocycles. The second kappa shape index (κ2) is 9.62. The fraction of sp³-hybridized carbons (Fsp3) is 0.286. The van der Waals surface area contributed by atoms with Crippen LogP contribution in [0.4, 0.5) is 0 Å². The highest BCUT2D eigenvalue weighted by Gasteiger charge is 2.45. The Bertz CT molecular complexity index is 1110. The molecule has 13 heteroatoms. The summed E-state index contributed by atoms with van der Waals surface area (Å²) in [7, 11) is 0. The van der Waals surface area contributed by atoms with E-state index in [1.165, 1.54) is 6.07 Å². The molecule has 5 unspecified atom stereocenters. The molecule has 0 saturated carbocycles. The molecule has 2 aromatic rings. The average molecular weight is 482 g/mol. The normalized spacial score (nSPS) is 25.2. The van der Waals surface area contributed by atoms with Gasteiger partial charge in [-0.3, -0.25) is 4.79 Å². The number of rotatable bonds is 6. The van der Waals surface area contributed by atoms with Gasteiger partial charge in [-0.15, -0.1) is 0 Å². The number of Topliss-reactive ketones (excluding diaryl/α,β-unsaturated/α-hetero) is 1. The Kier molecular flexibility index (Phi) is 7.04. The van der Waals surface area contributed by atoms with Gasteiger partial charge in [-0.1, -0.05) is 6.07 Å². The van der Waals surface area contributed by atoms with Gasteiger partial charge in [0.05, 0.1) is 6.61 Å². The fourth-order valence-corrected chi connectivity index (χ4v) is 3.22. The van der Waals surface area contributed by atoms with E-state index >= 15 is 0 Å². The smallest absolute Gasteiger partial charge is 0.234 e. The standard InChI is InChI=1S/C21H22O13/c22-6-13-17(30)18(31)19(32)21(33-13)34-20-14(10(25)5-12(27)16(20)29)15(28)11(26)4-7-1-2-8(23)9(24)3-7/h1-5,13,17-19,21-27,29-32H,6H2. The zero-order chi connectivity index (χ0) is 25.3. The molecule has 5 atom stereocenters. The Labute approximate surface area is 190 Å². The maximum atomic E-state index is 12.9. The van der Waals surface area contributed by atoms with Crippen LogP contribution in [-0.2, 0) is 4.74 Å². The van der Waals surface area contributed by atoms with Crippen molar-refractivity contribution in [2.45, 2.75) is 30.7 Å². The third kappa shape index (κ3) is 4.64. The monoisotopic (exact) mass is 482 g/mol. The second-order valence-electron chi connectivity index (χ2n) is 7.39. The van der Waals surface area contributed by atoms with Gasteiger partial charge >= 0.3 is 0 Å². The van der Waals surface area contributed by atoms with Crippen LogP contribution in [0.25, 0.3) is 6.08 Å². The topological polar surface area (TPSA) is 238 Å². The van der Waals surface area contributed by atoms with Gasteiger partial charge in [0.25, 0.3) is 0 Å². The number of aromatic hydroxyl groups is 5. The molecule has 10 N–H and O–H groups in total. The number of ether oxygens (including phenoxy) is 2. The van der Waals surface area contributed by atoms with E-state index in [0.717, 1.165) is 18.2 Å². The van der Waals surface area contributed by atoms with Crippen LogP contribution in [-0.4, -0.2) is 94.2 Å². The van der Waals surface area contributed by atoms with Crippen LogP contribution in [0, 0.1) is 0 Å². The average Bonchev–Trinajstić information content (AvgIpc) is 2.79. The highest BCUT2D eigenvalue weighted by molar-refractivity contribution is 6.13. The number of hydrogen-bond donors (Lipinski definition) is 10. The molecule has 1 fully saturated rings. The van der Waals surface area contributed by atoms with E-state index in [0.29, 0.717) is 6.07 Å². The molecule has 0 radical (unpaired) electrons. The first kappa shape index (κ1) is 24.9. The van der Waals surface area contributed by atoms with Gasteiger partial charge in [-0.05, 0) is 23.8 Å². The molecule has 0 spiro atoms. The van der Waals surface area contributed by atoms with Gasteiger partial charge in [0.2, 0.25) is 17.8 Å². The summed E-state index contributed by atoms with van der Waals surface area (Å²) in [6, 6.07) is 3.90. The van der Waals surface area contributed by atoms with E-state index in [1.807, 2.05) is 0 Å². The van der Waals surface area contributed by atoms with Gasteiger partial charge < -0.3 is 60.5 Å². The van der Waals surface area contributed by atoms with Crippen LogP contribution < -0.4 is 4.74 Å². The molecular formula is C21H22O13. The zero-order valence-electron chi connectivity index (χ0n) is 17.2. The van der Waals surface area contributed by atoms with Crippen molar-refractivity contribution < 1.29 is 65.3 Å². The maximum absolute atomic E-state index is 12.9.